The van der Waals surface area contributed by atoms with Gasteiger partial charge >= 0.3 is 5.97 Å². The number of nitrogens with zero attached hydrogens (tertiary/aromatic N) is 1. The molecular formula is C8H7F2NO2. The van der Waals surface area contributed by atoms with Gasteiger partial charge in [-0.3, -0.25) is 9.78 Å². The third-order valence-corrected chi connectivity index (χ3v) is 1.43. The summed E-state index contributed by atoms with van der Waals surface area (Å²) in [6.07, 6.45) is -1.66. The zero-order chi connectivity index (χ0) is 9.84. The van der Waals surface area contributed by atoms with E-state index in [1.807, 2.05) is 0 Å². The summed E-state index contributed by atoms with van der Waals surface area (Å²) < 4.78 is 24.0. The Labute approximate surface area is 73.0 Å². The van der Waals surface area contributed by atoms with Crippen molar-refractivity contribution in [2.24, 2.45) is 0 Å². The Morgan fingerprint density at radius 1 is 1.54 bits per heavy atom. The molecule has 0 aromatic carbocycles. The molecule has 0 aliphatic heterocycles. The minimum atomic E-state index is -2.61. The van der Waals surface area contributed by atoms with Gasteiger partial charge in [-0.15, -0.1) is 0 Å². The highest BCUT2D eigenvalue weighted by Crippen LogP contribution is 2.15. The highest BCUT2D eigenvalue weighted by molar-refractivity contribution is 5.69. The van der Waals surface area contributed by atoms with Crippen LogP contribution in [0.15, 0.2) is 18.3 Å². The lowest BCUT2D eigenvalue weighted by atomic mass is 10.2. The van der Waals surface area contributed by atoms with Crippen molar-refractivity contribution in [3.05, 3.63) is 29.6 Å². The summed E-state index contributed by atoms with van der Waals surface area (Å²) in [5.74, 6) is -1.01. The molecule has 0 unspecified atom stereocenters. The lowest BCUT2D eigenvalue weighted by Gasteiger charge is -1.99. The lowest BCUT2D eigenvalue weighted by molar-refractivity contribution is -0.136. The van der Waals surface area contributed by atoms with Crippen molar-refractivity contribution in [2.45, 2.75) is 12.8 Å². The summed E-state index contributed by atoms with van der Waals surface area (Å²) in [7, 11) is 0. The zero-order valence-corrected chi connectivity index (χ0v) is 6.58. The van der Waals surface area contributed by atoms with Crippen molar-refractivity contribution in [3.8, 4) is 0 Å². The van der Waals surface area contributed by atoms with Gasteiger partial charge in [-0.25, -0.2) is 8.78 Å². The maximum absolute atomic E-state index is 12.0. The van der Waals surface area contributed by atoms with Crippen LogP contribution in [0.1, 0.15) is 17.7 Å². The third kappa shape index (κ3) is 2.77. The molecule has 0 aliphatic rings. The molecule has 1 heterocycles. The molecule has 0 spiro atoms. The van der Waals surface area contributed by atoms with Gasteiger partial charge in [0, 0.05) is 6.20 Å². The first-order chi connectivity index (χ1) is 6.09. The van der Waals surface area contributed by atoms with Crippen molar-refractivity contribution in [2.75, 3.05) is 0 Å². The number of carboxylic acids is 1. The lowest BCUT2D eigenvalue weighted by Crippen LogP contribution is -2.01. The Hall–Kier alpha value is -1.52. The number of pyridine rings is 1. The first-order valence-electron chi connectivity index (χ1n) is 3.54. The molecule has 3 nitrogen and oxygen atoms in total. The van der Waals surface area contributed by atoms with E-state index in [2.05, 4.69) is 4.98 Å². The molecule has 1 N–H and O–H groups in total. The molecule has 0 saturated heterocycles. The standard InChI is InChI=1S/C8H7F2NO2/c9-8(10)6-2-1-5(4-11-6)3-7(12)13/h1-2,4,8H,3H2,(H,12,13). The molecule has 1 aromatic rings. The molecule has 13 heavy (non-hydrogen) atoms. The minimum Gasteiger partial charge on any atom is -0.481 e. The number of halogens is 2. The summed E-state index contributed by atoms with van der Waals surface area (Å²) in [6.45, 7) is 0. The second-order valence-corrected chi connectivity index (χ2v) is 2.46. The smallest absolute Gasteiger partial charge is 0.307 e. The van der Waals surface area contributed by atoms with Gasteiger partial charge in [0.1, 0.15) is 5.69 Å². The number of hydrogen-bond acceptors (Lipinski definition) is 2. The number of rotatable bonds is 3. The summed E-state index contributed by atoms with van der Waals surface area (Å²) in [5, 5.41) is 8.37. The molecule has 0 atom stereocenters. The normalized spacial score (nSPS) is 10.4. The topological polar surface area (TPSA) is 50.2 Å². The number of carbonyl (C=O) groups is 1. The van der Waals surface area contributed by atoms with Crippen LogP contribution in [0.4, 0.5) is 8.78 Å². The van der Waals surface area contributed by atoms with Gasteiger partial charge in [-0.05, 0) is 11.6 Å². The molecule has 1 aromatic heterocycles. The van der Waals surface area contributed by atoms with Crippen LogP contribution >= 0.6 is 0 Å². The summed E-state index contributed by atoms with van der Waals surface area (Å²) in [6, 6.07) is 2.46. The molecule has 1 rings (SSSR count). The average Bonchev–Trinajstić information content (AvgIpc) is 2.04. The van der Waals surface area contributed by atoms with Crippen LogP contribution in [0.5, 0.6) is 0 Å². The van der Waals surface area contributed by atoms with E-state index < -0.39 is 12.4 Å². The van der Waals surface area contributed by atoms with E-state index in [0.717, 1.165) is 12.3 Å². The van der Waals surface area contributed by atoms with Gasteiger partial charge in [-0.2, -0.15) is 0 Å². The van der Waals surface area contributed by atoms with Crippen LogP contribution in [0.25, 0.3) is 0 Å². The fraction of sp³-hybridized carbons (Fsp3) is 0.250. The van der Waals surface area contributed by atoms with E-state index in [1.165, 1.54) is 6.07 Å². The van der Waals surface area contributed by atoms with E-state index in [0.29, 0.717) is 5.56 Å². The molecule has 0 saturated carbocycles. The van der Waals surface area contributed by atoms with Gasteiger partial charge in [0.2, 0.25) is 0 Å². The molecule has 0 fully saturated rings. The van der Waals surface area contributed by atoms with Crippen LogP contribution in [0.3, 0.4) is 0 Å². The monoisotopic (exact) mass is 187 g/mol. The van der Waals surface area contributed by atoms with E-state index >= 15 is 0 Å². The number of aromatic nitrogens is 1. The van der Waals surface area contributed by atoms with Crippen molar-refractivity contribution in [1.82, 2.24) is 4.98 Å². The Balaban J connectivity index is 2.75. The Bertz CT molecular complexity index is 298. The predicted octanol–water partition coefficient (Wildman–Crippen LogP) is 1.65. The van der Waals surface area contributed by atoms with Crippen molar-refractivity contribution >= 4 is 5.97 Å². The second-order valence-electron chi connectivity index (χ2n) is 2.46. The first-order valence-corrected chi connectivity index (χ1v) is 3.54. The van der Waals surface area contributed by atoms with E-state index in [4.69, 9.17) is 5.11 Å². The molecule has 0 amide bonds. The van der Waals surface area contributed by atoms with E-state index in [1.54, 1.807) is 0 Å². The van der Waals surface area contributed by atoms with Gasteiger partial charge in [0.05, 0.1) is 6.42 Å². The Kier molecular flexibility index (Phi) is 2.89. The SMILES string of the molecule is O=C(O)Cc1ccc(C(F)F)nc1. The quantitative estimate of drug-likeness (QED) is 0.782. The number of carboxylic acid groups (broad SMARTS) is 1. The van der Waals surface area contributed by atoms with Crippen LogP contribution in [0.2, 0.25) is 0 Å². The minimum absolute atomic E-state index is 0.198. The van der Waals surface area contributed by atoms with Crippen LogP contribution in [-0.2, 0) is 11.2 Å². The maximum atomic E-state index is 12.0. The predicted molar refractivity (Wildman–Crippen MR) is 40.5 cm³/mol. The molecule has 0 aliphatic carbocycles. The van der Waals surface area contributed by atoms with Crippen LogP contribution < -0.4 is 0 Å². The second kappa shape index (κ2) is 3.93. The molecule has 0 radical (unpaired) electrons. The van der Waals surface area contributed by atoms with Crippen LogP contribution in [0, 0.1) is 0 Å². The third-order valence-electron chi connectivity index (χ3n) is 1.43. The molecule has 5 heteroatoms. The summed E-state index contributed by atoms with van der Waals surface area (Å²) in [5.41, 5.74) is 0.0750. The van der Waals surface area contributed by atoms with Gasteiger partial charge < -0.3 is 5.11 Å². The fourth-order valence-electron chi connectivity index (χ4n) is 0.844. The summed E-state index contributed by atoms with van der Waals surface area (Å²) in [4.78, 5) is 13.6. The first kappa shape index (κ1) is 9.57. The highest BCUT2D eigenvalue weighted by Gasteiger charge is 2.08. The Morgan fingerprint density at radius 3 is 2.62 bits per heavy atom. The zero-order valence-electron chi connectivity index (χ0n) is 6.58. The fourth-order valence-corrected chi connectivity index (χ4v) is 0.844. The van der Waals surface area contributed by atoms with Crippen molar-refractivity contribution in [3.63, 3.8) is 0 Å². The highest BCUT2D eigenvalue weighted by atomic mass is 19.3. The molecule has 0 bridgehead atoms. The van der Waals surface area contributed by atoms with Gasteiger partial charge in [0.15, 0.2) is 0 Å². The van der Waals surface area contributed by atoms with E-state index in [9.17, 15) is 13.6 Å². The van der Waals surface area contributed by atoms with Gasteiger partial charge in [0.25, 0.3) is 6.43 Å². The number of alkyl halides is 2. The molecular weight excluding hydrogens is 180 g/mol. The van der Waals surface area contributed by atoms with Crippen molar-refractivity contribution < 1.29 is 18.7 Å². The average molecular weight is 187 g/mol. The Morgan fingerprint density at radius 2 is 2.23 bits per heavy atom. The van der Waals surface area contributed by atoms with E-state index in [-0.39, 0.29) is 12.1 Å². The van der Waals surface area contributed by atoms with Crippen LogP contribution in [-0.4, -0.2) is 16.1 Å². The molecule has 70 valence electrons. The number of hydrogen-bond donors (Lipinski definition) is 1. The number of aliphatic carboxylic acids is 1. The van der Waals surface area contributed by atoms with Gasteiger partial charge in [-0.1, -0.05) is 6.07 Å². The summed E-state index contributed by atoms with van der Waals surface area (Å²) >= 11 is 0. The van der Waals surface area contributed by atoms with Crippen molar-refractivity contribution in [1.29, 1.82) is 0 Å². The maximum Gasteiger partial charge on any atom is 0.307 e. The largest absolute Gasteiger partial charge is 0.481 e.